The van der Waals surface area contributed by atoms with Gasteiger partial charge in [-0.1, -0.05) is 32.1 Å². The van der Waals surface area contributed by atoms with E-state index in [1.165, 1.54) is 45.1 Å². The quantitative estimate of drug-likeness (QED) is 0.744. The second kappa shape index (κ2) is 7.38. The number of hydrogen-bond donors (Lipinski definition) is 2. The molecule has 0 saturated heterocycles. The van der Waals surface area contributed by atoms with Crippen molar-refractivity contribution < 1.29 is 0 Å². The number of nitrogens with one attached hydrogen (secondary N) is 2. The molecule has 2 N–H and O–H groups in total. The summed E-state index contributed by atoms with van der Waals surface area (Å²) in [7, 11) is 0. The molecule has 0 radical (unpaired) electrons. The Labute approximate surface area is 108 Å². The summed E-state index contributed by atoms with van der Waals surface area (Å²) in [6, 6.07) is 0.581. The van der Waals surface area contributed by atoms with Crippen LogP contribution in [0, 0.1) is 5.92 Å². The highest BCUT2D eigenvalue weighted by molar-refractivity contribution is 4.75. The van der Waals surface area contributed by atoms with E-state index in [4.69, 9.17) is 0 Å². The van der Waals surface area contributed by atoms with Gasteiger partial charge in [-0.3, -0.25) is 0 Å². The minimum atomic E-state index is 0.235. The molecule has 1 saturated carbocycles. The molecule has 1 atom stereocenters. The van der Waals surface area contributed by atoms with E-state index in [9.17, 15) is 0 Å². The Balaban J connectivity index is 2.01. The maximum absolute atomic E-state index is 3.64. The van der Waals surface area contributed by atoms with E-state index in [2.05, 4.69) is 38.3 Å². The monoisotopic (exact) mass is 240 g/mol. The maximum atomic E-state index is 3.64. The van der Waals surface area contributed by atoms with E-state index in [1.54, 1.807) is 0 Å². The SMILES string of the molecule is CC(CNC(C)(C)C)NCCC1CCCCC1. The van der Waals surface area contributed by atoms with Crippen molar-refractivity contribution in [3.8, 4) is 0 Å². The van der Waals surface area contributed by atoms with Gasteiger partial charge in [0, 0.05) is 18.1 Å². The first-order valence-corrected chi connectivity index (χ1v) is 7.46. The second-order valence-electron chi connectivity index (χ2n) is 6.78. The highest BCUT2D eigenvalue weighted by Crippen LogP contribution is 2.25. The lowest BCUT2D eigenvalue weighted by Crippen LogP contribution is -2.44. The highest BCUT2D eigenvalue weighted by Gasteiger charge is 2.14. The average molecular weight is 240 g/mol. The molecule has 17 heavy (non-hydrogen) atoms. The van der Waals surface area contributed by atoms with Crippen LogP contribution in [0.15, 0.2) is 0 Å². The Morgan fingerprint density at radius 1 is 1.12 bits per heavy atom. The van der Waals surface area contributed by atoms with E-state index >= 15 is 0 Å². The predicted molar refractivity (Wildman–Crippen MR) is 76.4 cm³/mol. The summed E-state index contributed by atoms with van der Waals surface area (Å²) in [5, 5.41) is 7.19. The van der Waals surface area contributed by atoms with Crippen LogP contribution >= 0.6 is 0 Å². The Hall–Kier alpha value is -0.0800. The predicted octanol–water partition coefficient (Wildman–Crippen LogP) is 3.32. The largest absolute Gasteiger partial charge is 0.313 e. The maximum Gasteiger partial charge on any atom is 0.0164 e. The topological polar surface area (TPSA) is 24.1 Å². The molecule has 0 aromatic heterocycles. The molecule has 1 unspecified atom stereocenters. The van der Waals surface area contributed by atoms with E-state index in [1.807, 2.05) is 0 Å². The molecule has 2 heteroatoms. The summed E-state index contributed by atoms with van der Waals surface area (Å²) < 4.78 is 0. The van der Waals surface area contributed by atoms with Crippen LogP contribution in [0.5, 0.6) is 0 Å². The minimum absolute atomic E-state index is 0.235. The van der Waals surface area contributed by atoms with Gasteiger partial charge < -0.3 is 10.6 Å². The molecule has 0 spiro atoms. The molecule has 1 aliphatic rings. The summed E-state index contributed by atoms with van der Waals surface area (Å²) >= 11 is 0. The first-order chi connectivity index (χ1) is 7.97. The molecule has 1 rings (SSSR count). The van der Waals surface area contributed by atoms with Gasteiger partial charge in [0.05, 0.1) is 0 Å². The van der Waals surface area contributed by atoms with Crippen molar-refractivity contribution in [1.82, 2.24) is 10.6 Å². The van der Waals surface area contributed by atoms with Crippen molar-refractivity contribution in [2.24, 2.45) is 5.92 Å². The van der Waals surface area contributed by atoms with Crippen LogP contribution in [0.4, 0.5) is 0 Å². The van der Waals surface area contributed by atoms with Gasteiger partial charge in [-0.05, 0) is 46.6 Å². The van der Waals surface area contributed by atoms with Crippen molar-refractivity contribution in [3.05, 3.63) is 0 Å². The second-order valence-corrected chi connectivity index (χ2v) is 6.78. The first-order valence-electron chi connectivity index (χ1n) is 7.46. The standard InChI is InChI=1S/C15H32N2/c1-13(12-17-15(2,3)4)16-11-10-14-8-6-5-7-9-14/h13-14,16-17H,5-12H2,1-4H3. The van der Waals surface area contributed by atoms with E-state index in [0.717, 1.165) is 12.5 Å². The molecule has 0 bridgehead atoms. The van der Waals surface area contributed by atoms with Crippen molar-refractivity contribution >= 4 is 0 Å². The molecule has 1 fully saturated rings. The van der Waals surface area contributed by atoms with Crippen LogP contribution in [0.3, 0.4) is 0 Å². The molecule has 0 aromatic carbocycles. The Morgan fingerprint density at radius 2 is 1.76 bits per heavy atom. The fourth-order valence-corrected chi connectivity index (χ4v) is 2.54. The molecule has 0 heterocycles. The smallest absolute Gasteiger partial charge is 0.0164 e. The fourth-order valence-electron chi connectivity index (χ4n) is 2.54. The van der Waals surface area contributed by atoms with Gasteiger partial charge in [0.1, 0.15) is 0 Å². The van der Waals surface area contributed by atoms with Crippen LogP contribution in [0.25, 0.3) is 0 Å². The molecule has 2 nitrogen and oxygen atoms in total. The molecule has 0 aromatic rings. The third-order valence-electron chi connectivity index (χ3n) is 3.71. The molecule has 1 aliphatic carbocycles. The van der Waals surface area contributed by atoms with Gasteiger partial charge in [-0.25, -0.2) is 0 Å². The summed E-state index contributed by atoms with van der Waals surface area (Å²) in [4.78, 5) is 0. The fraction of sp³-hybridized carbons (Fsp3) is 1.00. The highest BCUT2D eigenvalue weighted by atomic mass is 15.0. The average Bonchev–Trinajstić information content (AvgIpc) is 2.27. The molecular formula is C15H32N2. The zero-order valence-corrected chi connectivity index (χ0v) is 12.3. The van der Waals surface area contributed by atoms with Gasteiger partial charge >= 0.3 is 0 Å². The first kappa shape index (κ1) is 15.0. The lowest BCUT2D eigenvalue weighted by molar-refractivity contribution is 0.323. The van der Waals surface area contributed by atoms with Gasteiger partial charge in [-0.15, -0.1) is 0 Å². The van der Waals surface area contributed by atoms with Crippen LogP contribution < -0.4 is 10.6 Å². The van der Waals surface area contributed by atoms with Crippen molar-refractivity contribution in [2.45, 2.75) is 77.8 Å². The lowest BCUT2D eigenvalue weighted by atomic mass is 9.87. The Morgan fingerprint density at radius 3 is 2.35 bits per heavy atom. The van der Waals surface area contributed by atoms with Crippen LogP contribution in [-0.4, -0.2) is 24.7 Å². The Kier molecular flexibility index (Phi) is 6.50. The number of rotatable bonds is 6. The molecule has 0 aliphatic heterocycles. The van der Waals surface area contributed by atoms with Crippen molar-refractivity contribution in [3.63, 3.8) is 0 Å². The van der Waals surface area contributed by atoms with E-state index < -0.39 is 0 Å². The van der Waals surface area contributed by atoms with Crippen LogP contribution in [-0.2, 0) is 0 Å². The van der Waals surface area contributed by atoms with Crippen LogP contribution in [0.1, 0.15) is 66.2 Å². The third-order valence-corrected chi connectivity index (χ3v) is 3.71. The van der Waals surface area contributed by atoms with Gasteiger partial charge in [-0.2, -0.15) is 0 Å². The zero-order chi connectivity index (χ0) is 12.7. The van der Waals surface area contributed by atoms with E-state index in [-0.39, 0.29) is 5.54 Å². The van der Waals surface area contributed by atoms with E-state index in [0.29, 0.717) is 6.04 Å². The summed E-state index contributed by atoms with van der Waals surface area (Å²) in [5.41, 5.74) is 0.235. The van der Waals surface area contributed by atoms with Crippen molar-refractivity contribution in [1.29, 1.82) is 0 Å². The number of hydrogen-bond acceptors (Lipinski definition) is 2. The van der Waals surface area contributed by atoms with Crippen LogP contribution in [0.2, 0.25) is 0 Å². The summed E-state index contributed by atoms with van der Waals surface area (Å²) in [6.07, 6.45) is 8.71. The summed E-state index contributed by atoms with van der Waals surface area (Å²) in [6.45, 7) is 11.2. The lowest BCUT2D eigenvalue weighted by Gasteiger charge is -2.25. The third kappa shape index (κ3) is 7.77. The minimum Gasteiger partial charge on any atom is -0.313 e. The molecular weight excluding hydrogens is 208 g/mol. The molecule has 0 amide bonds. The zero-order valence-electron chi connectivity index (χ0n) is 12.3. The Bertz CT molecular complexity index is 190. The van der Waals surface area contributed by atoms with Crippen molar-refractivity contribution in [2.75, 3.05) is 13.1 Å². The summed E-state index contributed by atoms with van der Waals surface area (Å²) in [5.74, 6) is 0.999. The van der Waals surface area contributed by atoms with Gasteiger partial charge in [0.25, 0.3) is 0 Å². The normalized spacial score (nSPS) is 20.5. The molecule has 102 valence electrons. The van der Waals surface area contributed by atoms with Gasteiger partial charge in [0.15, 0.2) is 0 Å². The van der Waals surface area contributed by atoms with Gasteiger partial charge in [0.2, 0.25) is 0 Å².